The number of rotatable bonds is 2. The lowest BCUT2D eigenvalue weighted by Gasteiger charge is -2.24. The van der Waals surface area contributed by atoms with Gasteiger partial charge in [0.1, 0.15) is 22.0 Å². The number of thiazole rings is 1. The van der Waals surface area contributed by atoms with Crippen molar-refractivity contribution in [3.63, 3.8) is 0 Å². The molecular weight excluding hydrogens is 324 g/mol. The second-order valence-electron chi connectivity index (χ2n) is 5.71. The zero-order chi connectivity index (χ0) is 15.2. The van der Waals surface area contributed by atoms with Gasteiger partial charge in [0.15, 0.2) is 0 Å². The van der Waals surface area contributed by atoms with Crippen LogP contribution in [0.5, 0.6) is 0 Å². The molecule has 0 bridgehead atoms. The molecule has 23 heavy (non-hydrogen) atoms. The Morgan fingerprint density at radius 2 is 2.09 bits per heavy atom. The van der Waals surface area contributed by atoms with Crippen molar-refractivity contribution in [2.24, 2.45) is 0 Å². The summed E-state index contributed by atoms with van der Waals surface area (Å²) in [6.07, 6.45) is 3.99. The highest BCUT2D eigenvalue weighted by molar-refractivity contribution is 7.18. The Morgan fingerprint density at radius 3 is 3.04 bits per heavy atom. The molecule has 0 radical (unpaired) electrons. The molecule has 0 unspecified atom stereocenters. The first-order valence-electron chi connectivity index (χ1n) is 7.70. The molecule has 3 aromatic heterocycles. The Morgan fingerprint density at radius 1 is 1.13 bits per heavy atom. The van der Waals surface area contributed by atoms with Gasteiger partial charge in [0, 0.05) is 6.54 Å². The van der Waals surface area contributed by atoms with Gasteiger partial charge in [-0.25, -0.2) is 15.0 Å². The quantitative estimate of drug-likeness (QED) is 0.534. The molecule has 114 valence electrons. The van der Waals surface area contributed by atoms with Crippen LogP contribution in [0.25, 0.3) is 20.4 Å². The van der Waals surface area contributed by atoms with Gasteiger partial charge < -0.3 is 4.90 Å². The van der Waals surface area contributed by atoms with Gasteiger partial charge in [0.05, 0.1) is 21.6 Å². The monoisotopic (exact) mass is 338 g/mol. The summed E-state index contributed by atoms with van der Waals surface area (Å²) in [5, 5.41) is 4.45. The van der Waals surface area contributed by atoms with Gasteiger partial charge >= 0.3 is 0 Å². The summed E-state index contributed by atoms with van der Waals surface area (Å²) in [4.78, 5) is 17.3. The topological polar surface area (TPSA) is 41.9 Å². The number of thiophene rings is 1. The van der Waals surface area contributed by atoms with Crippen LogP contribution in [-0.2, 0) is 0 Å². The molecule has 1 saturated heterocycles. The van der Waals surface area contributed by atoms with Gasteiger partial charge in [-0.1, -0.05) is 12.1 Å². The fourth-order valence-corrected chi connectivity index (χ4v) is 5.16. The molecule has 1 atom stereocenters. The third-order valence-corrected chi connectivity index (χ3v) is 6.32. The van der Waals surface area contributed by atoms with Crippen molar-refractivity contribution in [1.82, 2.24) is 15.0 Å². The smallest absolute Gasteiger partial charge is 0.141 e. The van der Waals surface area contributed by atoms with Crippen molar-refractivity contribution in [2.75, 3.05) is 11.4 Å². The Balaban J connectivity index is 1.61. The van der Waals surface area contributed by atoms with Crippen molar-refractivity contribution < 1.29 is 0 Å². The van der Waals surface area contributed by atoms with E-state index in [-0.39, 0.29) is 0 Å². The zero-order valence-corrected chi connectivity index (χ0v) is 14.0. The first kappa shape index (κ1) is 13.4. The SMILES string of the molecule is c1ccc2sc([C@@H]3CCCN3c3ncnc4sccc34)nc2c1. The van der Waals surface area contributed by atoms with Crippen LogP contribution in [0.3, 0.4) is 0 Å². The van der Waals surface area contributed by atoms with E-state index in [1.165, 1.54) is 16.1 Å². The molecule has 0 amide bonds. The highest BCUT2D eigenvalue weighted by Gasteiger charge is 2.30. The molecule has 0 saturated carbocycles. The number of benzene rings is 1. The molecular formula is C17H14N4S2. The summed E-state index contributed by atoms with van der Waals surface area (Å²) >= 11 is 3.48. The number of para-hydroxylation sites is 1. The van der Waals surface area contributed by atoms with Crippen molar-refractivity contribution in [1.29, 1.82) is 0 Å². The third-order valence-electron chi connectivity index (χ3n) is 4.36. The van der Waals surface area contributed by atoms with Crippen LogP contribution in [0.4, 0.5) is 5.82 Å². The summed E-state index contributed by atoms with van der Waals surface area (Å²) in [7, 11) is 0. The van der Waals surface area contributed by atoms with Gasteiger partial charge in [-0.15, -0.1) is 22.7 Å². The average molecular weight is 338 g/mol. The molecule has 1 fully saturated rings. The first-order valence-corrected chi connectivity index (χ1v) is 9.40. The number of aromatic nitrogens is 3. The Kier molecular flexibility index (Phi) is 3.06. The van der Waals surface area contributed by atoms with Crippen LogP contribution in [-0.4, -0.2) is 21.5 Å². The zero-order valence-electron chi connectivity index (χ0n) is 12.3. The highest BCUT2D eigenvalue weighted by atomic mass is 32.1. The number of anilines is 1. The Labute approximate surface area is 141 Å². The lowest BCUT2D eigenvalue weighted by atomic mass is 10.2. The molecule has 1 aromatic carbocycles. The van der Waals surface area contributed by atoms with Gasteiger partial charge in [0.25, 0.3) is 0 Å². The molecule has 6 heteroatoms. The fourth-order valence-electron chi connectivity index (χ4n) is 3.32. The summed E-state index contributed by atoms with van der Waals surface area (Å²) in [5.74, 6) is 1.05. The van der Waals surface area contributed by atoms with Crippen molar-refractivity contribution in [3.8, 4) is 0 Å². The molecule has 0 spiro atoms. The van der Waals surface area contributed by atoms with Gasteiger partial charge in [-0.3, -0.25) is 0 Å². The van der Waals surface area contributed by atoms with E-state index in [2.05, 4.69) is 50.6 Å². The van der Waals surface area contributed by atoms with E-state index >= 15 is 0 Å². The lowest BCUT2D eigenvalue weighted by Crippen LogP contribution is -2.23. The summed E-state index contributed by atoms with van der Waals surface area (Å²) < 4.78 is 1.26. The predicted molar refractivity (Wildman–Crippen MR) is 96.4 cm³/mol. The molecule has 0 N–H and O–H groups in total. The highest BCUT2D eigenvalue weighted by Crippen LogP contribution is 2.40. The van der Waals surface area contributed by atoms with E-state index in [0.29, 0.717) is 6.04 Å². The maximum Gasteiger partial charge on any atom is 0.141 e. The van der Waals surface area contributed by atoms with Crippen LogP contribution in [0.2, 0.25) is 0 Å². The minimum atomic E-state index is 0.324. The minimum Gasteiger partial charge on any atom is -0.346 e. The second kappa shape index (κ2) is 5.25. The van der Waals surface area contributed by atoms with Crippen LogP contribution in [0.1, 0.15) is 23.9 Å². The average Bonchev–Trinajstić information content (AvgIpc) is 3.31. The van der Waals surface area contributed by atoms with Gasteiger partial charge in [-0.05, 0) is 36.4 Å². The van der Waals surface area contributed by atoms with E-state index in [4.69, 9.17) is 4.98 Å². The molecule has 4 aromatic rings. The predicted octanol–water partition coefficient (Wildman–Crippen LogP) is 4.64. The third kappa shape index (κ3) is 2.13. The second-order valence-corrected chi connectivity index (χ2v) is 7.66. The summed E-state index contributed by atoms with van der Waals surface area (Å²) in [6, 6.07) is 10.8. The summed E-state index contributed by atoms with van der Waals surface area (Å²) in [6.45, 7) is 1.03. The van der Waals surface area contributed by atoms with E-state index < -0.39 is 0 Å². The largest absolute Gasteiger partial charge is 0.346 e. The van der Waals surface area contributed by atoms with Crippen LogP contribution < -0.4 is 4.90 Å². The first-order chi connectivity index (χ1) is 11.4. The van der Waals surface area contributed by atoms with Crippen molar-refractivity contribution >= 4 is 48.9 Å². The molecule has 1 aliphatic rings. The van der Waals surface area contributed by atoms with Gasteiger partial charge in [-0.2, -0.15) is 0 Å². The molecule has 0 aliphatic carbocycles. The van der Waals surface area contributed by atoms with Crippen molar-refractivity contribution in [2.45, 2.75) is 18.9 Å². The number of hydrogen-bond donors (Lipinski definition) is 0. The minimum absolute atomic E-state index is 0.324. The normalized spacial score (nSPS) is 18.3. The van der Waals surface area contributed by atoms with E-state index in [9.17, 15) is 0 Å². The fraction of sp³-hybridized carbons (Fsp3) is 0.235. The van der Waals surface area contributed by atoms with E-state index in [0.717, 1.165) is 34.5 Å². The van der Waals surface area contributed by atoms with Crippen molar-refractivity contribution in [3.05, 3.63) is 47.0 Å². The van der Waals surface area contributed by atoms with E-state index in [1.807, 2.05) is 0 Å². The summed E-state index contributed by atoms with van der Waals surface area (Å²) in [5.41, 5.74) is 1.10. The van der Waals surface area contributed by atoms with E-state index in [1.54, 1.807) is 29.0 Å². The van der Waals surface area contributed by atoms with Gasteiger partial charge in [0.2, 0.25) is 0 Å². The number of fused-ring (bicyclic) bond motifs is 2. The molecule has 5 rings (SSSR count). The Hall–Kier alpha value is -2.05. The van der Waals surface area contributed by atoms with Crippen LogP contribution in [0.15, 0.2) is 42.0 Å². The maximum atomic E-state index is 4.87. The number of hydrogen-bond acceptors (Lipinski definition) is 6. The maximum absolute atomic E-state index is 4.87. The Bertz CT molecular complexity index is 957. The number of nitrogens with zero attached hydrogens (tertiary/aromatic N) is 4. The molecule has 1 aliphatic heterocycles. The lowest BCUT2D eigenvalue weighted by molar-refractivity contribution is 0.709. The standard InChI is InChI=1S/C17H14N4S2/c1-2-6-14-12(4-1)20-17(23-14)13-5-3-8-21(13)15-11-7-9-22-16(11)19-10-18-15/h1-2,4,6-7,9-10,13H,3,5,8H2/t13-/m0/s1. The molecule has 4 heterocycles. The molecule has 4 nitrogen and oxygen atoms in total. The van der Waals surface area contributed by atoms with Crippen LogP contribution >= 0.6 is 22.7 Å². The van der Waals surface area contributed by atoms with Crippen LogP contribution in [0, 0.1) is 0 Å².